The van der Waals surface area contributed by atoms with Gasteiger partial charge < -0.3 is 0 Å². The topological polar surface area (TPSA) is 38.1 Å². The molecule has 4 heteroatoms. The van der Waals surface area contributed by atoms with Crippen LogP contribution in [0.15, 0.2) is 4.79 Å². The van der Waals surface area contributed by atoms with Gasteiger partial charge in [0.15, 0.2) is 0 Å². The molecule has 3 rings (SSSR count). The van der Waals surface area contributed by atoms with E-state index in [1.54, 1.807) is 0 Å². The molecule has 1 aromatic rings. The van der Waals surface area contributed by atoms with E-state index < -0.39 is 0 Å². The maximum atomic E-state index is 12.0. The highest BCUT2D eigenvalue weighted by atomic mass is 16.1. The summed E-state index contributed by atoms with van der Waals surface area (Å²) < 4.78 is 1.85. The lowest BCUT2D eigenvalue weighted by molar-refractivity contribution is 0.350. The Morgan fingerprint density at radius 2 is 2.21 bits per heavy atom. The van der Waals surface area contributed by atoms with E-state index in [1.807, 2.05) is 11.6 Å². The van der Waals surface area contributed by atoms with Crippen LogP contribution in [-0.2, 0) is 26.1 Å². The number of rotatable bonds is 0. The molecule has 1 aromatic heterocycles. The fraction of sp³-hybridized carbons (Fsp3) is 0.600. The average molecular weight is 191 g/mol. The Bertz CT molecular complexity index is 449. The summed E-state index contributed by atoms with van der Waals surface area (Å²) in [4.78, 5) is 18.7. The average Bonchev–Trinajstić information content (AvgIpc) is 2.71. The van der Waals surface area contributed by atoms with E-state index in [0.717, 1.165) is 49.6 Å². The minimum atomic E-state index is 0.201. The molecule has 0 amide bonds. The zero-order chi connectivity index (χ0) is 9.71. The Morgan fingerprint density at radius 1 is 1.36 bits per heavy atom. The maximum absolute atomic E-state index is 12.0. The van der Waals surface area contributed by atoms with Gasteiger partial charge in [-0.25, -0.2) is 4.98 Å². The second-order valence-electron chi connectivity index (χ2n) is 4.19. The molecule has 0 fully saturated rings. The Hall–Kier alpha value is -1.16. The smallest absolute Gasteiger partial charge is 0.258 e. The highest BCUT2D eigenvalue weighted by Crippen LogP contribution is 2.19. The predicted molar refractivity (Wildman–Crippen MR) is 52.0 cm³/mol. The Morgan fingerprint density at radius 3 is 3.07 bits per heavy atom. The minimum Gasteiger partial charge on any atom is -0.296 e. The lowest BCUT2D eigenvalue weighted by Crippen LogP contribution is -2.25. The van der Waals surface area contributed by atoms with Crippen molar-refractivity contribution < 1.29 is 0 Å². The Kier molecular flexibility index (Phi) is 1.56. The molecule has 74 valence electrons. The quantitative estimate of drug-likeness (QED) is 0.585. The lowest BCUT2D eigenvalue weighted by Gasteiger charge is -2.04. The number of aromatic nitrogens is 2. The summed E-state index contributed by atoms with van der Waals surface area (Å²) in [5.41, 5.74) is 2.12. The SMILES string of the molecule is CN1Cc2nc3n(c(=O)c2C1)CCC3. The second-order valence-corrected chi connectivity index (χ2v) is 4.19. The minimum absolute atomic E-state index is 0.201. The molecule has 0 N–H and O–H groups in total. The van der Waals surface area contributed by atoms with Gasteiger partial charge in [-0.15, -0.1) is 0 Å². The van der Waals surface area contributed by atoms with Crippen LogP contribution in [0.25, 0.3) is 0 Å². The summed E-state index contributed by atoms with van der Waals surface area (Å²) in [5, 5.41) is 0. The third-order valence-electron chi connectivity index (χ3n) is 3.06. The fourth-order valence-corrected chi connectivity index (χ4v) is 2.38. The first-order valence-corrected chi connectivity index (χ1v) is 5.06. The van der Waals surface area contributed by atoms with Gasteiger partial charge in [0.25, 0.3) is 5.56 Å². The van der Waals surface area contributed by atoms with Crippen LogP contribution in [0.2, 0.25) is 0 Å². The van der Waals surface area contributed by atoms with Crippen LogP contribution in [0.1, 0.15) is 23.5 Å². The first kappa shape index (κ1) is 8.17. The van der Waals surface area contributed by atoms with Crippen LogP contribution in [0.4, 0.5) is 0 Å². The van der Waals surface area contributed by atoms with Crippen molar-refractivity contribution in [2.24, 2.45) is 0 Å². The molecular weight excluding hydrogens is 178 g/mol. The third kappa shape index (κ3) is 0.973. The molecule has 4 nitrogen and oxygen atoms in total. The molecule has 0 radical (unpaired) electrons. The van der Waals surface area contributed by atoms with Gasteiger partial charge in [0.05, 0.1) is 11.3 Å². The molecule has 0 unspecified atom stereocenters. The van der Waals surface area contributed by atoms with E-state index in [4.69, 9.17) is 0 Å². The molecule has 0 aliphatic carbocycles. The van der Waals surface area contributed by atoms with Gasteiger partial charge in [-0.2, -0.15) is 0 Å². The molecule has 0 saturated carbocycles. The van der Waals surface area contributed by atoms with Crippen LogP contribution in [0, 0.1) is 0 Å². The molecule has 2 aliphatic rings. The van der Waals surface area contributed by atoms with Gasteiger partial charge in [-0.3, -0.25) is 14.3 Å². The monoisotopic (exact) mass is 191 g/mol. The van der Waals surface area contributed by atoms with Crippen LogP contribution >= 0.6 is 0 Å². The van der Waals surface area contributed by atoms with Gasteiger partial charge in [-0.05, 0) is 13.5 Å². The van der Waals surface area contributed by atoms with Crippen LogP contribution in [0.5, 0.6) is 0 Å². The molecule has 0 spiro atoms. The normalized spacial score (nSPS) is 19.8. The van der Waals surface area contributed by atoms with Crippen molar-refractivity contribution in [2.75, 3.05) is 7.05 Å². The molecule has 0 saturated heterocycles. The van der Waals surface area contributed by atoms with Crippen LogP contribution in [-0.4, -0.2) is 21.5 Å². The molecule has 0 atom stereocenters. The number of aryl methyl sites for hydroxylation is 1. The van der Waals surface area contributed by atoms with Crippen molar-refractivity contribution in [1.29, 1.82) is 0 Å². The van der Waals surface area contributed by atoms with Gasteiger partial charge in [0.1, 0.15) is 5.82 Å². The van der Waals surface area contributed by atoms with Crippen molar-refractivity contribution in [3.8, 4) is 0 Å². The molecule has 3 heterocycles. The lowest BCUT2D eigenvalue weighted by atomic mass is 10.2. The first-order valence-electron chi connectivity index (χ1n) is 5.06. The summed E-state index contributed by atoms with van der Waals surface area (Å²) in [5.74, 6) is 0.990. The Balaban J connectivity index is 2.24. The fourth-order valence-electron chi connectivity index (χ4n) is 2.38. The summed E-state index contributed by atoms with van der Waals surface area (Å²) >= 11 is 0. The first-order chi connectivity index (χ1) is 6.75. The van der Waals surface area contributed by atoms with Crippen LogP contribution < -0.4 is 5.56 Å². The summed E-state index contributed by atoms with van der Waals surface area (Å²) in [6, 6.07) is 0. The highest BCUT2D eigenvalue weighted by Gasteiger charge is 2.25. The number of hydrogen-bond acceptors (Lipinski definition) is 3. The van der Waals surface area contributed by atoms with Gasteiger partial charge in [-0.1, -0.05) is 0 Å². The van der Waals surface area contributed by atoms with E-state index in [9.17, 15) is 4.79 Å². The zero-order valence-corrected chi connectivity index (χ0v) is 8.29. The standard InChI is InChI=1S/C10H13N3O/c1-12-5-7-8(6-12)11-9-3-2-4-13(9)10(7)14/h2-6H2,1H3. The van der Waals surface area contributed by atoms with Crippen molar-refractivity contribution in [3.63, 3.8) is 0 Å². The highest BCUT2D eigenvalue weighted by molar-refractivity contribution is 5.23. The van der Waals surface area contributed by atoms with E-state index in [1.165, 1.54) is 0 Å². The van der Waals surface area contributed by atoms with E-state index >= 15 is 0 Å². The molecule has 0 aromatic carbocycles. The van der Waals surface area contributed by atoms with Gasteiger partial charge in [0, 0.05) is 26.1 Å². The van der Waals surface area contributed by atoms with E-state index in [2.05, 4.69) is 9.88 Å². The van der Waals surface area contributed by atoms with Gasteiger partial charge in [0.2, 0.25) is 0 Å². The maximum Gasteiger partial charge on any atom is 0.258 e. The Labute approximate surface area is 82.2 Å². The van der Waals surface area contributed by atoms with Crippen molar-refractivity contribution in [3.05, 3.63) is 27.4 Å². The number of fused-ring (bicyclic) bond motifs is 2. The summed E-state index contributed by atoms with van der Waals surface area (Å²) in [6.07, 6.45) is 2.03. The third-order valence-corrected chi connectivity index (χ3v) is 3.06. The van der Waals surface area contributed by atoms with Crippen LogP contribution in [0.3, 0.4) is 0 Å². The molecule has 0 bridgehead atoms. The van der Waals surface area contributed by atoms with E-state index in [0.29, 0.717) is 0 Å². The predicted octanol–water partition coefficient (Wildman–Crippen LogP) is 0.135. The van der Waals surface area contributed by atoms with Crippen molar-refractivity contribution in [1.82, 2.24) is 14.5 Å². The zero-order valence-electron chi connectivity index (χ0n) is 8.29. The molecule has 14 heavy (non-hydrogen) atoms. The largest absolute Gasteiger partial charge is 0.296 e. The van der Waals surface area contributed by atoms with E-state index in [-0.39, 0.29) is 5.56 Å². The molecular formula is C10H13N3O. The summed E-state index contributed by atoms with van der Waals surface area (Å²) in [6.45, 7) is 2.46. The molecule has 2 aliphatic heterocycles. The summed E-state index contributed by atoms with van der Waals surface area (Å²) in [7, 11) is 2.02. The number of hydrogen-bond donors (Lipinski definition) is 0. The van der Waals surface area contributed by atoms with Crippen molar-refractivity contribution in [2.45, 2.75) is 32.5 Å². The number of nitrogens with zero attached hydrogens (tertiary/aromatic N) is 3. The van der Waals surface area contributed by atoms with Crippen molar-refractivity contribution >= 4 is 0 Å². The second kappa shape index (κ2) is 2.67. The van der Waals surface area contributed by atoms with Gasteiger partial charge >= 0.3 is 0 Å².